The highest BCUT2D eigenvalue weighted by Gasteiger charge is 2.48. The highest BCUT2D eigenvalue weighted by Crippen LogP contribution is 2.35. The zero-order chi connectivity index (χ0) is 19.1. The van der Waals surface area contributed by atoms with E-state index >= 15 is 0 Å². The van der Waals surface area contributed by atoms with Gasteiger partial charge in [0.05, 0.1) is 5.56 Å². The summed E-state index contributed by atoms with van der Waals surface area (Å²) in [5, 5.41) is 0. The Bertz CT molecular complexity index is 721. The van der Waals surface area contributed by atoms with Crippen molar-refractivity contribution in [3.63, 3.8) is 0 Å². The number of amides is 1. The molecule has 1 fully saturated rings. The molecule has 2 aliphatic rings. The van der Waals surface area contributed by atoms with E-state index in [-0.39, 0.29) is 37.2 Å². The van der Waals surface area contributed by atoms with Gasteiger partial charge in [-0.15, -0.1) is 0 Å². The molecular formula is C18H21F3N2O3. The lowest BCUT2D eigenvalue weighted by atomic mass is 9.81. The van der Waals surface area contributed by atoms with Crippen molar-refractivity contribution in [1.29, 1.82) is 0 Å². The van der Waals surface area contributed by atoms with Crippen LogP contribution in [0.15, 0.2) is 12.3 Å². The third-order valence-corrected chi connectivity index (χ3v) is 5.21. The van der Waals surface area contributed by atoms with Gasteiger partial charge >= 0.3 is 6.18 Å². The van der Waals surface area contributed by atoms with Gasteiger partial charge in [-0.2, -0.15) is 13.2 Å². The molecule has 142 valence electrons. The molecule has 1 saturated heterocycles. The number of carbonyl (C=O) groups excluding carboxylic acids is 2. The second kappa shape index (κ2) is 6.64. The van der Waals surface area contributed by atoms with E-state index in [1.807, 2.05) is 13.8 Å². The summed E-state index contributed by atoms with van der Waals surface area (Å²) in [6.45, 7) is 4.05. The van der Waals surface area contributed by atoms with E-state index in [4.69, 9.17) is 4.74 Å². The summed E-state index contributed by atoms with van der Waals surface area (Å²) >= 11 is 0. The van der Waals surface area contributed by atoms with Crippen LogP contribution in [-0.4, -0.2) is 40.3 Å². The van der Waals surface area contributed by atoms with Crippen LogP contribution in [-0.2, 0) is 33.5 Å². The number of carbonyl (C=O) groups is 2. The Balaban J connectivity index is 1.85. The monoisotopic (exact) mass is 370 g/mol. The predicted molar refractivity (Wildman–Crippen MR) is 86.1 cm³/mol. The van der Waals surface area contributed by atoms with Crippen molar-refractivity contribution in [3.8, 4) is 0 Å². The summed E-state index contributed by atoms with van der Waals surface area (Å²) in [5.41, 5.74) is -0.922. The number of ether oxygens (including phenoxy) is 1. The fourth-order valence-corrected chi connectivity index (χ4v) is 3.57. The summed E-state index contributed by atoms with van der Waals surface area (Å²) in [6.07, 6.45) is -2.67. The van der Waals surface area contributed by atoms with Gasteiger partial charge in [0.15, 0.2) is 5.78 Å². The summed E-state index contributed by atoms with van der Waals surface area (Å²) in [5.74, 6) is -0.454. The first-order valence-corrected chi connectivity index (χ1v) is 8.63. The van der Waals surface area contributed by atoms with Crippen molar-refractivity contribution >= 4 is 11.7 Å². The number of nitrogens with zero attached hydrogens (tertiary/aromatic N) is 2. The SMILES string of the molecule is CC(C)C1(C(=O)N2CCc3ncc(C(F)(F)F)cc3C2)CCC(=O)CO1. The van der Waals surface area contributed by atoms with E-state index in [1.165, 1.54) is 4.90 Å². The molecular weight excluding hydrogens is 349 g/mol. The van der Waals surface area contributed by atoms with Crippen LogP contribution in [0.3, 0.4) is 0 Å². The van der Waals surface area contributed by atoms with Crippen LogP contribution in [0.1, 0.15) is 43.5 Å². The lowest BCUT2D eigenvalue weighted by Crippen LogP contribution is -2.57. The van der Waals surface area contributed by atoms with Crippen LogP contribution in [0.4, 0.5) is 13.2 Å². The number of fused-ring (bicyclic) bond motifs is 1. The summed E-state index contributed by atoms with van der Waals surface area (Å²) in [7, 11) is 0. The molecule has 3 rings (SSSR count). The fraction of sp³-hybridized carbons (Fsp3) is 0.611. The maximum atomic E-state index is 13.2. The zero-order valence-electron chi connectivity index (χ0n) is 14.7. The molecule has 0 aliphatic carbocycles. The van der Waals surface area contributed by atoms with Crippen LogP contribution in [0.5, 0.6) is 0 Å². The summed E-state index contributed by atoms with van der Waals surface area (Å²) < 4.78 is 44.5. The molecule has 2 aliphatic heterocycles. The number of pyridine rings is 1. The maximum Gasteiger partial charge on any atom is 0.417 e. The predicted octanol–water partition coefficient (Wildman–Crippen LogP) is 2.76. The van der Waals surface area contributed by atoms with E-state index in [9.17, 15) is 22.8 Å². The second-order valence-corrected chi connectivity index (χ2v) is 7.18. The first-order chi connectivity index (χ1) is 12.1. The molecule has 1 unspecified atom stereocenters. The molecule has 1 aromatic heterocycles. The molecule has 0 aromatic carbocycles. The smallest absolute Gasteiger partial charge is 0.357 e. The Morgan fingerprint density at radius 2 is 2.08 bits per heavy atom. The molecule has 3 heterocycles. The summed E-state index contributed by atoms with van der Waals surface area (Å²) in [4.78, 5) is 30.1. The number of hydrogen-bond donors (Lipinski definition) is 0. The van der Waals surface area contributed by atoms with Crippen molar-refractivity contribution in [2.75, 3.05) is 13.2 Å². The van der Waals surface area contributed by atoms with E-state index in [0.29, 0.717) is 30.6 Å². The average molecular weight is 370 g/mol. The standard InChI is InChI=1S/C18H21F3N2O3/c1-11(2)17(5-3-14(24)10-26-17)16(25)23-6-4-15-12(9-23)7-13(8-22-15)18(19,20)21/h7-8,11H,3-6,9-10H2,1-2H3. The third-order valence-electron chi connectivity index (χ3n) is 5.21. The molecule has 26 heavy (non-hydrogen) atoms. The third kappa shape index (κ3) is 3.34. The van der Waals surface area contributed by atoms with Gasteiger partial charge in [0, 0.05) is 37.8 Å². The lowest BCUT2D eigenvalue weighted by Gasteiger charge is -2.43. The maximum absolute atomic E-state index is 13.2. The lowest BCUT2D eigenvalue weighted by molar-refractivity contribution is -0.176. The molecule has 8 heteroatoms. The molecule has 0 N–H and O–H groups in total. The number of ketones is 1. The van der Waals surface area contributed by atoms with Crippen molar-refractivity contribution < 1.29 is 27.5 Å². The van der Waals surface area contributed by atoms with E-state index in [2.05, 4.69) is 4.98 Å². The van der Waals surface area contributed by atoms with Gasteiger partial charge in [0.1, 0.15) is 12.2 Å². The number of aromatic nitrogens is 1. The molecule has 1 aromatic rings. The Kier molecular flexibility index (Phi) is 4.81. The highest BCUT2D eigenvalue weighted by molar-refractivity contribution is 5.89. The Morgan fingerprint density at radius 1 is 1.35 bits per heavy atom. The number of Topliss-reactive ketones (excluding diaryl/α,β-unsaturated/α-hetero) is 1. The Labute approximate surface area is 149 Å². The van der Waals surface area contributed by atoms with E-state index in [0.717, 1.165) is 12.3 Å². The van der Waals surface area contributed by atoms with Gasteiger partial charge in [-0.1, -0.05) is 13.8 Å². The zero-order valence-corrected chi connectivity index (χ0v) is 14.7. The average Bonchev–Trinajstić information content (AvgIpc) is 2.60. The van der Waals surface area contributed by atoms with Crippen molar-refractivity contribution in [1.82, 2.24) is 9.88 Å². The minimum absolute atomic E-state index is 0.0444. The van der Waals surface area contributed by atoms with Gasteiger partial charge in [0.25, 0.3) is 5.91 Å². The Morgan fingerprint density at radius 3 is 2.65 bits per heavy atom. The first kappa shape index (κ1) is 18.8. The Hall–Kier alpha value is -1.96. The number of halogens is 3. The number of alkyl halides is 3. The quantitative estimate of drug-likeness (QED) is 0.803. The van der Waals surface area contributed by atoms with Crippen molar-refractivity contribution in [3.05, 3.63) is 29.1 Å². The van der Waals surface area contributed by atoms with E-state index < -0.39 is 17.3 Å². The molecule has 1 amide bonds. The van der Waals surface area contributed by atoms with Gasteiger partial charge in [-0.25, -0.2) is 0 Å². The molecule has 0 spiro atoms. The largest absolute Gasteiger partial charge is 0.417 e. The van der Waals surface area contributed by atoms with Crippen LogP contribution in [0.2, 0.25) is 0 Å². The van der Waals surface area contributed by atoms with E-state index in [1.54, 1.807) is 0 Å². The minimum atomic E-state index is -4.47. The molecule has 1 atom stereocenters. The van der Waals surface area contributed by atoms with Gasteiger partial charge in [-0.3, -0.25) is 14.6 Å². The molecule has 0 radical (unpaired) electrons. The van der Waals surface area contributed by atoms with Gasteiger partial charge in [-0.05, 0) is 24.0 Å². The van der Waals surface area contributed by atoms with Crippen LogP contribution in [0, 0.1) is 5.92 Å². The van der Waals surface area contributed by atoms with Gasteiger partial charge < -0.3 is 9.64 Å². The normalized spacial score (nSPS) is 23.9. The highest BCUT2D eigenvalue weighted by atomic mass is 19.4. The van der Waals surface area contributed by atoms with Crippen LogP contribution < -0.4 is 0 Å². The van der Waals surface area contributed by atoms with Crippen molar-refractivity contribution in [2.24, 2.45) is 5.92 Å². The van der Waals surface area contributed by atoms with Crippen LogP contribution in [0.25, 0.3) is 0 Å². The topological polar surface area (TPSA) is 59.5 Å². The summed E-state index contributed by atoms with van der Waals surface area (Å²) in [6, 6.07) is 1.06. The minimum Gasteiger partial charge on any atom is -0.357 e. The fourth-order valence-electron chi connectivity index (χ4n) is 3.57. The molecule has 0 bridgehead atoms. The molecule has 5 nitrogen and oxygen atoms in total. The number of hydrogen-bond acceptors (Lipinski definition) is 4. The van der Waals surface area contributed by atoms with Crippen LogP contribution >= 0.6 is 0 Å². The van der Waals surface area contributed by atoms with Crippen molar-refractivity contribution in [2.45, 2.75) is 51.4 Å². The van der Waals surface area contributed by atoms with Gasteiger partial charge in [0.2, 0.25) is 0 Å². The number of rotatable bonds is 2. The second-order valence-electron chi connectivity index (χ2n) is 7.18. The molecule has 0 saturated carbocycles. The first-order valence-electron chi connectivity index (χ1n) is 8.63.